The molecule has 10 heteroatoms. The first-order valence-electron chi connectivity index (χ1n) is 10.4. The van der Waals surface area contributed by atoms with Gasteiger partial charge in [-0.15, -0.1) is 0 Å². The Labute approximate surface area is 194 Å². The Bertz CT molecular complexity index is 1230. The highest BCUT2D eigenvalue weighted by molar-refractivity contribution is 8.14. The van der Waals surface area contributed by atoms with E-state index in [1.54, 1.807) is 17.7 Å². The van der Waals surface area contributed by atoms with Gasteiger partial charge in [0.2, 0.25) is 0 Å². The quantitative estimate of drug-likeness (QED) is 0.516. The molecule has 174 valence electrons. The Morgan fingerprint density at radius 3 is 2.58 bits per heavy atom. The van der Waals surface area contributed by atoms with E-state index in [1.807, 2.05) is 44.1 Å². The number of amides is 1. The first-order valence-corrected chi connectivity index (χ1v) is 11.3. The number of aryl methyl sites for hydroxylation is 1. The van der Waals surface area contributed by atoms with Gasteiger partial charge >= 0.3 is 11.4 Å². The SMILES string of the molecule is CC1SC(=O)N(CCN(C)C)N=C1c1ccc2c(c1)nc(-c1cccc(C(F)(F)F)c1)n2C. The lowest BCUT2D eigenvalue weighted by Gasteiger charge is -2.27. The van der Waals surface area contributed by atoms with Crippen LogP contribution in [0, 0.1) is 0 Å². The number of thioether (sulfide) groups is 1. The summed E-state index contributed by atoms with van der Waals surface area (Å²) in [5, 5.41) is 5.88. The smallest absolute Gasteiger partial charge is 0.327 e. The molecule has 2 heterocycles. The second kappa shape index (κ2) is 8.83. The molecule has 0 saturated carbocycles. The van der Waals surface area contributed by atoms with Crippen LogP contribution in [0.2, 0.25) is 0 Å². The van der Waals surface area contributed by atoms with Crippen LogP contribution in [0.4, 0.5) is 18.0 Å². The van der Waals surface area contributed by atoms with Crippen LogP contribution >= 0.6 is 11.8 Å². The van der Waals surface area contributed by atoms with E-state index in [4.69, 9.17) is 0 Å². The highest BCUT2D eigenvalue weighted by Gasteiger charge is 2.31. The van der Waals surface area contributed by atoms with Crippen LogP contribution in [0.25, 0.3) is 22.4 Å². The first-order chi connectivity index (χ1) is 15.5. The number of imidazole rings is 1. The van der Waals surface area contributed by atoms with E-state index >= 15 is 0 Å². The summed E-state index contributed by atoms with van der Waals surface area (Å²) in [7, 11) is 5.65. The van der Waals surface area contributed by atoms with Crippen molar-refractivity contribution in [3.63, 3.8) is 0 Å². The molecule has 0 aliphatic carbocycles. The largest absolute Gasteiger partial charge is 0.416 e. The Morgan fingerprint density at radius 1 is 1.12 bits per heavy atom. The number of carbonyl (C=O) groups excluding carboxylic acids is 1. The predicted molar refractivity (Wildman–Crippen MR) is 125 cm³/mol. The van der Waals surface area contributed by atoms with Crippen molar-refractivity contribution in [1.29, 1.82) is 0 Å². The molecule has 3 aromatic rings. The highest BCUT2D eigenvalue weighted by atomic mass is 32.2. The van der Waals surface area contributed by atoms with Crippen molar-refractivity contribution < 1.29 is 18.0 Å². The van der Waals surface area contributed by atoms with Crippen molar-refractivity contribution >= 4 is 33.7 Å². The van der Waals surface area contributed by atoms with Crippen molar-refractivity contribution in [2.75, 3.05) is 27.2 Å². The van der Waals surface area contributed by atoms with Gasteiger partial charge in [-0.05, 0) is 45.3 Å². The number of hydrogen-bond donors (Lipinski definition) is 0. The summed E-state index contributed by atoms with van der Waals surface area (Å²) < 4.78 is 41.3. The minimum absolute atomic E-state index is 0.0844. The van der Waals surface area contributed by atoms with Gasteiger partial charge in [-0.25, -0.2) is 9.99 Å². The maximum Gasteiger partial charge on any atom is 0.416 e. The van der Waals surface area contributed by atoms with Gasteiger partial charge in [0.1, 0.15) is 5.82 Å². The molecule has 2 aromatic carbocycles. The summed E-state index contributed by atoms with van der Waals surface area (Å²) in [6, 6.07) is 10.8. The van der Waals surface area contributed by atoms with Gasteiger partial charge in [-0.3, -0.25) is 4.79 Å². The van der Waals surface area contributed by atoms with E-state index in [1.165, 1.54) is 22.8 Å². The maximum absolute atomic E-state index is 13.2. The Morgan fingerprint density at radius 2 is 1.88 bits per heavy atom. The van der Waals surface area contributed by atoms with Crippen molar-refractivity contribution in [3.05, 3.63) is 53.6 Å². The normalized spacial score (nSPS) is 17.2. The third-order valence-corrected chi connectivity index (χ3v) is 6.47. The summed E-state index contributed by atoms with van der Waals surface area (Å²) >= 11 is 1.22. The van der Waals surface area contributed by atoms with E-state index in [9.17, 15) is 18.0 Å². The van der Waals surface area contributed by atoms with Crippen molar-refractivity contribution in [3.8, 4) is 11.4 Å². The van der Waals surface area contributed by atoms with Crippen LogP contribution < -0.4 is 0 Å². The second-order valence-electron chi connectivity index (χ2n) is 8.21. The van der Waals surface area contributed by atoms with E-state index in [2.05, 4.69) is 10.1 Å². The van der Waals surface area contributed by atoms with Gasteiger partial charge in [0.05, 0.1) is 34.1 Å². The molecule has 4 rings (SSSR count). The van der Waals surface area contributed by atoms with Crippen LogP contribution in [0.5, 0.6) is 0 Å². The molecule has 0 radical (unpaired) electrons. The van der Waals surface area contributed by atoms with Gasteiger partial charge in [0, 0.05) is 24.7 Å². The number of alkyl halides is 3. The lowest BCUT2D eigenvalue weighted by molar-refractivity contribution is -0.137. The van der Waals surface area contributed by atoms with E-state index in [0.717, 1.165) is 28.9 Å². The Balaban J connectivity index is 1.72. The number of benzene rings is 2. The molecule has 0 bridgehead atoms. The van der Waals surface area contributed by atoms with Crippen molar-refractivity contribution in [2.45, 2.75) is 18.3 Å². The topological polar surface area (TPSA) is 53.7 Å². The van der Waals surface area contributed by atoms with Gasteiger partial charge < -0.3 is 9.47 Å². The second-order valence-corrected chi connectivity index (χ2v) is 9.51. The van der Waals surface area contributed by atoms with Crippen molar-refractivity contribution in [2.24, 2.45) is 12.1 Å². The predicted octanol–water partition coefficient (Wildman–Crippen LogP) is 5.08. The average molecular weight is 476 g/mol. The van der Waals surface area contributed by atoms with Gasteiger partial charge in [0.25, 0.3) is 0 Å². The van der Waals surface area contributed by atoms with Crippen LogP contribution in [0.3, 0.4) is 0 Å². The van der Waals surface area contributed by atoms with Crippen LogP contribution in [0.1, 0.15) is 18.1 Å². The van der Waals surface area contributed by atoms with E-state index in [0.29, 0.717) is 30.0 Å². The summed E-state index contributed by atoms with van der Waals surface area (Å²) in [6.45, 7) is 3.11. The zero-order valence-electron chi connectivity index (χ0n) is 18.7. The number of hydrazone groups is 1. The fourth-order valence-corrected chi connectivity index (χ4v) is 4.55. The third-order valence-electron chi connectivity index (χ3n) is 5.49. The molecule has 1 aliphatic rings. The molecule has 1 atom stereocenters. The molecular weight excluding hydrogens is 451 g/mol. The summed E-state index contributed by atoms with van der Waals surface area (Å²) in [5.74, 6) is 0.448. The number of nitrogens with zero attached hydrogens (tertiary/aromatic N) is 5. The molecule has 33 heavy (non-hydrogen) atoms. The number of halogens is 3. The van der Waals surface area contributed by atoms with Gasteiger partial charge in [-0.1, -0.05) is 30.0 Å². The highest BCUT2D eigenvalue weighted by Crippen LogP contribution is 2.33. The summed E-state index contributed by atoms with van der Waals surface area (Å²) in [6.07, 6.45) is -4.42. The zero-order valence-corrected chi connectivity index (χ0v) is 19.5. The molecule has 1 aliphatic heterocycles. The molecule has 1 amide bonds. The number of fused-ring (bicyclic) bond motifs is 1. The number of rotatable bonds is 5. The maximum atomic E-state index is 13.2. The number of hydrogen-bond acceptors (Lipinski definition) is 5. The summed E-state index contributed by atoms with van der Waals surface area (Å²) in [5.41, 5.74) is 2.73. The van der Waals surface area contributed by atoms with Crippen LogP contribution in [-0.4, -0.2) is 62.8 Å². The molecule has 0 spiro atoms. The Kier molecular flexibility index (Phi) is 6.24. The number of aromatic nitrogens is 2. The molecule has 0 N–H and O–H groups in total. The fourth-order valence-electron chi connectivity index (χ4n) is 3.70. The Hall–Kier alpha value is -2.85. The average Bonchev–Trinajstić information content (AvgIpc) is 3.08. The van der Waals surface area contributed by atoms with Gasteiger partial charge in [-0.2, -0.15) is 18.3 Å². The van der Waals surface area contributed by atoms with Crippen molar-refractivity contribution in [1.82, 2.24) is 19.5 Å². The molecule has 1 aromatic heterocycles. The van der Waals surface area contributed by atoms with Crippen LogP contribution in [-0.2, 0) is 13.2 Å². The fraction of sp³-hybridized carbons (Fsp3) is 0.348. The van der Waals surface area contributed by atoms with Gasteiger partial charge in [0.15, 0.2) is 0 Å². The zero-order chi connectivity index (χ0) is 23.9. The van der Waals surface area contributed by atoms with Crippen LogP contribution in [0.15, 0.2) is 47.6 Å². The third kappa shape index (κ3) is 4.77. The standard InChI is InChI=1S/C23H24F3N5OS/c1-14-20(28-31(22(32)33-14)11-10-29(2)3)15-8-9-19-18(13-15)27-21(30(19)4)16-6-5-7-17(12-16)23(24,25)26/h5-9,12-14H,10-11H2,1-4H3. The van der Waals surface area contributed by atoms with E-state index in [-0.39, 0.29) is 10.5 Å². The molecule has 0 fully saturated rings. The molecule has 0 saturated heterocycles. The van der Waals surface area contributed by atoms with E-state index < -0.39 is 11.7 Å². The molecular formula is C23H24F3N5OS. The minimum Gasteiger partial charge on any atom is -0.327 e. The molecule has 6 nitrogen and oxygen atoms in total. The number of likely N-dealkylation sites (N-methyl/N-ethyl adjacent to an activating group) is 1. The minimum atomic E-state index is -4.42. The molecule has 1 unspecified atom stereocenters. The number of carbonyl (C=O) groups is 1. The lowest BCUT2D eigenvalue weighted by Crippen LogP contribution is -2.37. The summed E-state index contributed by atoms with van der Waals surface area (Å²) in [4.78, 5) is 19.0. The first kappa shape index (κ1) is 23.3. The lowest BCUT2D eigenvalue weighted by atomic mass is 10.1. The monoisotopic (exact) mass is 475 g/mol.